The van der Waals surface area contributed by atoms with E-state index in [1.165, 1.54) is 4.31 Å². The van der Waals surface area contributed by atoms with Crippen molar-refractivity contribution < 1.29 is 13.2 Å². The molecule has 1 aromatic carbocycles. The van der Waals surface area contributed by atoms with E-state index in [4.69, 9.17) is 0 Å². The van der Waals surface area contributed by atoms with Crippen LogP contribution in [0.1, 0.15) is 18.9 Å². The van der Waals surface area contributed by atoms with Gasteiger partial charge >= 0.3 is 0 Å². The van der Waals surface area contributed by atoms with Crippen molar-refractivity contribution in [1.82, 2.24) is 20.1 Å². The molecule has 1 amide bonds. The Balaban J connectivity index is 1.65. The molecule has 2 aliphatic rings. The SMILES string of the molecule is Cc1ccccc1S(=O)(=O)N1CCN(C(=O)C2CC(C)NN2)CC1. The monoisotopic (exact) mass is 352 g/mol. The first kappa shape index (κ1) is 17.3. The Hall–Kier alpha value is -1.48. The number of amides is 1. The zero-order chi connectivity index (χ0) is 17.3. The van der Waals surface area contributed by atoms with Crippen LogP contribution < -0.4 is 10.9 Å². The van der Waals surface area contributed by atoms with Gasteiger partial charge in [0.15, 0.2) is 0 Å². The maximum Gasteiger partial charge on any atom is 0.243 e. The second kappa shape index (κ2) is 6.79. The number of aryl methyl sites for hydroxylation is 1. The van der Waals surface area contributed by atoms with Crippen LogP contribution in [0.4, 0.5) is 0 Å². The highest BCUT2D eigenvalue weighted by molar-refractivity contribution is 7.89. The molecule has 7 nitrogen and oxygen atoms in total. The van der Waals surface area contributed by atoms with Crippen molar-refractivity contribution in [1.29, 1.82) is 0 Å². The van der Waals surface area contributed by atoms with E-state index in [2.05, 4.69) is 10.9 Å². The van der Waals surface area contributed by atoms with E-state index in [-0.39, 0.29) is 18.0 Å². The molecular weight excluding hydrogens is 328 g/mol. The summed E-state index contributed by atoms with van der Waals surface area (Å²) in [5.41, 5.74) is 6.79. The minimum absolute atomic E-state index is 0.0415. The van der Waals surface area contributed by atoms with Gasteiger partial charge in [-0.1, -0.05) is 18.2 Å². The molecular formula is C16H24N4O3S. The van der Waals surface area contributed by atoms with Crippen molar-refractivity contribution in [2.24, 2.45) is 0 Å². The molecule has 0 spiro atoms. The molecule has 2 unspecified atom stereocenters. The first-order valence-electron chi connectivity index (χ1n) is 8.25. The minimum Gasteiger partial charge on any atom is -0.339 e. The summed E-state index contributed by atoms with van der Waals surface area (Å²) in [5.74, 6) is 0.0415. The Morgan fingerprint density at radius 1 is 1.12 bits per heavy atom. The van der Waals surface area contributed by atoms with Gasteiger partial charge in [0.05, 0.1) is 4.90 Å². The van der Waals surface area contributed by atoms with Crippen LogP contribution in [0, 0.1) is 6.92 Å². The molecule has 132 valence electrons. The third-order valence-corrected chi connectivity index (χ3v) is 6.71. The van der Waals surface area contributed by atoms with Crippen LogP contribution in [-0.4, -0.2) is 61.8 Å². The summed E-state index contributed by atoms with van der Waals surface area (Å²) in [6.07, 6.45) is 0.751. The van der Waals surface area contributed by atoms with Gasteiger partial charge in [0.1, 0.15) is 6.04 Å². The lowest BCUT2D eigenvalue weighted by Gasteiger charge is -2.35. The standard InChI is InChI=1S/C16H24N4O3S/c1-12-5-3-4-6-15(12)24(22,23)20-9-7-19(8-10-20)16(21)14-11-13(2)17-18-14/h3-6,13-14,17-18H,7-11H2,1-2H3. The average Bonchev–Trinajstić information content (AvgIpc) is 3.01. The summed E-state index contributed by atoms with van der Waals surface area (Å²) in [6, 6.07) is 7.04. The predicted molar refractivity (Wildman–Crippen MR) is 90.7 cm³/mol. The molecule has 8 heteroatoms. The number of piperazine rings is 1. The molecule has 2 fully saturated rings. The molecule has 3 rings (SSSR count). The maximum atomic E-state index is 12.8. The number of sulfonamides is 1. The quantitative estimate of drug-likeness (QED) is 0.805. The van der Waals surface area contributed by atoms with Gasteiger partial charge in [0.25, 0.3) is 0 Å². The third-order valence-electron chi connectivity index (χ3n) is 4.65. The first-order valence-corrected chi connectivity index (χ1v) is 9.69. The summed E-state index contributed by atoms with van der Waals surface area (Å²) in [4.78, 5) is 14.6. The van der Waals surface area contributed by atoms with Gasteiger partial charge in [0, 0.05) is 32.2 Å². The molecule has 1 aromatic rings. The molecule has 2 heterocycles. The summed E-state index contributed by atoms with van der Waals surface area (Å²) in [5, 5.41) is 0. The van der Waals surface area contributed by atoms with E-state index >= 15 is 0 Å². The van der Waals surface area contributed by atoms with Crippen LogP contribution in [0.15, 0.2) is 29.2 Å². The number of benzene rings is 1. The highest BCUT2D eigenvalue weighted by atomic mass is 32.2. The Morgan fingerprint density at radius 2 is 1.79 bits per heavy atom. The van der Waals surface area contributed by atoms with Crippen molar-refractivity contribution in [2.75, 3.05) is 26.2 Å². The Kier molecular flexibility index (Phi) is 4.91. The molecule has 0 aromatic heterocycles. The van der Waals surface area contributed by atoms with E-state index in [1.54, 1.807) is 30.0 Å². The van der Waals surface area contributed by atoms with Crippen LogP contribution >= 0.6 is 0 Å². The van der Waals surface area contributed by atoms with Gasteiger partial charge in [-0.25, -0.2) is 13.8 Å². The van der Waals surface area contributed by atoms with Crippen molar-refractivity contribution in [3.05, 3.63) is 29.8 Å². The predicted octanol–water partition coefficient (Wildman–Crippen LogP) is 0.0829. The normalized spacial score (nSPS) is 25.8. The number of hydrogen-bond donors (Lipinski definition) is 2. The van der Waals surface area contributed by atoms with Crippen LogP contribution in [0.3, 0.4) is 0 Å². The summed E-state index contributed by atoms with van der Waals surface area (Å²) < 4.78 is 27.0. The number of hydrazine groups is 1. The van der Waals surface area contributed by atoms with Crippen LogP contribution in [0.5, 0.6) is 0 Å². The Morgan fingerprint density at radius 3 is 2.38 bits per heavy atom. The molecule has 0 radical (unpaired) electrons. The third kappa shape index (κ3) is 3.32. The lowest BCUT2D eigenvalue weighted by atomic mass is 10.1. The molecule has 0 bridgehead atoms. The lowest BCUT2D eigenvalue weighted by Crippen LogP contribution is -2.54. The zero-order valence-corrected chi connectivity index (χ0v) is 14.8. The van der Waals surface area contributed by atoms with E-state index < -0.39 is 10.0 Å². The molecule has 2 saturated heterocycles. The molecule has 0 aliphatic carbocycles. The fourth-order valence-corrected chi connectivity index (χ4v) is 4.88. The summed E-state index contributed by atoms with van der Waals surface area (Å²) in [7, 11) is -3.50. The van der Waals surface area contributed by atoms with Gasteiger partial charge in [0.2, 0.25) is 15.9 Å². The lowest BCUT2D eigenvalue weighted by molar-refractivity contribution is -0.134. The highest BCUT2D eigenvalue weighted by Crippen LogP contribution is 2.21. The van der Waals surface area contributed by atoms with E-state index in [9.17, 15) is 13.2 Å². The fraction of sp³-hybridized carbons (Fsp3) is 0.562. The number of carbonyl (C=O) groups is 1. The topological polar surface area (TPSA) is 81.8 Å². The fourth-order valence-electron chi connectivity index (χ4n) is 3.23. The van der Waals surface area contributed by atoms with E-state index in [0.29, 0.717) is 31.1 Å². The molecule has 2 N–H and O–H groups in total. The number of nitrogens with zero attached hydrogens (tertiary/aromatic N) is 2. The second-order valence-electron chi connectivity index (χ2n) is 6.47. The summed E-state index contributed by atoms with van der Waals surface area (Å²) >= 11 is 0. The van der Waals surface area contributed by atoms with Crippen molar-refractivity contribution in [3.63, 3.8) is 0 Å². The molecule has 0 saturated carbocycles. The molecule has 2 atom stereocenters. The Bertz CT molecular complexity index is 714. The van der Waals surface area contributed by atoms with Crippen LogP contribution in [0.25, 0.3) is 0 Å². The second-order valence-corrected chi connectivity index (χ2v) is 8.38. The van der Waals surface area contributed by atoms with Gasteiger partial charge < -0.3 is 4.90 Å². The largest absolute Gasteiger partial charge is 0.339 e. The Labute approximate surface area is 143 Å². The number of nitrogens with one attached hydrogen (secondary N) is 2. The van der Waals surface area contributed by atoms with Crippen molar-refractivity contribution >= 4 is 15.9 Å². The van der Waals surface area contributed by atoms with Crippen molar-refractivity contribution in [2.45, 2.75) is 37.2 Å². The number of carbonyl (C=O) groups excluding carboxylic acids is 1. The first-order chi connectivity index (χ1) is 11.4. The van der Waals surface area contributed by atoms with Gasteiger partial charge in [-0.15, -0.1) is 0 Å². The zero-order valence-electron chi connectivity index (χ0n) is 14.0. The number of rotatable bonds is 3. The smallest absolute Gasteiger partial charge is 0.243 e. The van der Waals surface area contributed by atoms with Gasteiger partial charge in [-0.05, 0) is 31.9 Å². The van der Waals surface area contributed by atoms with Crippen LogP contribution in [0.2, 0.25) is 0 Å². The molecule has 24 heavy (non-hydrogen) atoms. The highest BCUT2D eigenvalue weighted by Gasteiger charge is 2.35. The van der Waals surface area contributed by atoms with Gasteiger partial charge in [-0.3, -0.25) is 10.2 Å². The van der Waals surface area contributed by atoms with E-state index in [0.717, 1.165) is 12.0 Å². The minimum atomic E-state index is -3.50. The average molecular weight is 352 g/mol. The van der Waals surface area contributed by atoms with E-state index in [1.807, 2.05) is 13.0 Å². The van der Waals surface area contributed by atoms with Crippen molar-refractivity contribution in [3.8, 4) is 0 Å². The summed E-state index contributed by atoms with van der Waals surface area (Å²) in [6.45, 7) is 5.34. The molecule has 2 aliphatic heterocycles. The maximum absolute atomic E-state index is 12.8. The van der Waals surface area contributed by atoms with Gasteiger partial charge in [-0.2, -0.15) is 4.31 Å². The number of hydrogen-bond acceptors (Lipinski definition) is 5. The van der Waals surface area contributed by atoms with Crippen LogP contribution in [-0.2, 0) is 14.8 Å².